The number of amides is 1. The van der Waals surface area contributed by atoms with Crippen molar-refractivity contribution in [3.05, 3.63) is 71.3 Å². The van der Waals surface area contributed by atoms with E-state index in [-0.39, 0.29) is 25.8 Å². The molecule has 1 fully saturated rings. The molecule has 0 spiro atoms. The summed E-state index contributed by atoms with van der Waals surface area (Å²) >= 11 is 0. The summed E-state index contributed by atoms with van der Waals surface area (Å²) in [5.74, 6) is 0. The van der Waals surface area contributed by atoms with E-state index in [9.17, 15) is 9.90 Å². The zero-order valence-corrected chi connectivity index (χ0v) is 12.5. The van der Waals surface area contributed by atoms with Crippen molar-refractivity contribution in [2.45, 2.75) is 19.1 Å². The summed E-state index contributed by atoms with van der Waals surface area (Å²) in [7, 11) is 0. The molecule has 1 amide bonds. The van der Waals surface area contributed by atoms with Crippen molar-refractivity contribution >= 4 is 6.09 Å². The smallest absolute Gasteiger partial charge is 0.410 e. The van der Waals surface area contributed by atoms with Crippen LogP contribution in [0.1, 0.15) is 16.7 Å². The molecular weight excluding hydrogens is 278 g/mol. The summed E-state index contributed by atoms with van der Waals surface area (Å²) < 4.78 is 5.26. The highest BCUT2D eigenvalue weighted by atomic mass is 16.6. The van der Waals surface area contributed by atoms with E-state index in [0.717, 1.165) is 16.7 Å². The van der Waals surface area contributed by atoms with Crippen LogP contribution in [0.4, 0.5) is 4.79 Å². The molecule has 4 heteroatoms. The Hall–Kier alpha value is -2.33. The van der Waals surface area contributed by atoms with Crippen molar-refractivity contribution in [2.24, 2.45) is 0 Å². The monoisotopic (exact) mass is 297 g/mol. The lowest BCUT2D eigenvalue weighted by Gasteiger charge is -2.45. The lowest BCUT2D eigenvalue weighted by molar-refractivity contribution is -0.0949. The Morgan fingerprint density at radius 3 is 2.41 bits per heavy atom. The summed E-state index contributed by atoms with van der Waals surface area (Å²) in [6.45, 7) is 2.79. The van der Waals surface area contributed by atoms with Gasteiger partial charge < -0.3 is 14.7 Å². The normalized spacial score (nSPS) is 16.0. The van der Waals surface area contributed by atoms with Gasteiger partial charge in [-0.05, 0) is 18.1 Å². The maximum Gasteiger partial charge on any atom is 0.410 e. The number of ether oxygens (including phenoxy) is 1. The third-order valence-electron chi connectivity index (χ3n) is 3.96. The highest BCUT2D eigenvalue weighted by molar-refractivity contribution is 5.69. The van der Waals surface area contributed by atoms with Gasteiger partial charge in [0.2, 0.25) is 0 Å². The van der Waals surface area contributed by atoms with E-state index in [0.29, 0.717) is 0 Å². The molecule has 0 aromatic heterocycles. The van der Waals surface area contributed by atoms with Gasteiger partial charge in [0.25, 0.3) is 0 Å². The van der Waals surface area contributed by atoms with Gasteiger partial charge in [0.15, 0.2) is 0 Å². The van der Waals surface area contributed by atoms with E-state index in [4.69, 9.17) is 4.74 Å². The van der Waals surface area contributed by atoms with Crippen LogP contribution >= 0.6 is 0 Å². The first kappa shape index (κ1) is 14.6. The van der Waals surface area contributed by atoms with E-state index >= 15 is 0 Å². The van der Waals surface area contributed by atoms with Crippen LogP contribution in [0.2, 0.25) is 0 Å². The molecule has 1 heterocycles. The minimum Gasteiger partial charge on any atom is -0.445 e. The third-order valence-corrected chi connectivity index (χ3v) is 3.96. The zero-order chi connectivity index (χ0) is 15.6. The maximum atomic E-state index is 12.0. The molecule has 1 aliphatic heterocycles. The minimum absolute atomic E-state index is 0.249. The number of carbonyl (C=O) groups is 1. The van der Waals surface area contributed by atoms with Crippen molar-refractivity contribution in [3.63, 3.8) is 0 Å². The number of nitrogens with zero attached hydrogens (tertiary/aromatic N) is 1. The number of hydrogen-bond acceptors (Lipinski definition) is 3. The Bertz CT molecular complexity index is 646. The second kappa shape index (κ2) is 5.81. The zero-order valence-electron chi connectivity index (χ0n) is 12.5. The number of hydrogen-bond donors (Lipinski definition) is 1. The second-order valence-electron chi connectivity index (χ2n) is 5.79. The summed E-state index contributed by atoms with van der Waals surface area (Å²) in [5, 5.41) is 10.5. The molecular formula is C18H19NO3. The molecule has 4 nitrogen and oxygen atoms in total. The largest absolute Gasteiger partial charge is 0.445 e. The van der Waals surface area contributed by atoms with Crippen LogP contribution in [0, 0.1) is 6.92 Å². The highest BCUT2D eigenvalue weighted by Gasteiger charge is 2.45. The van der Waals surface area contributed by atoms with Crippen molar-refractivity contribution in [1.82, 2.24) is 4.90 Å². The number of benzene rings is 2. The van der Waals surface area contributed by atoms with Crippen molar-refractivity contribution in [1.29, 1.82) is 0 Å². The Kier molecular flexibility index (Phi) is 3.86. The molecule has 3 rings (SSSR count). The predicted molar refractivity (Wildman–Crippen MR) is 83.3 cm³/mol. The number of likely N-dealkylation sites (tertiary alicyclic amines) is 1. The summed E-state index contributed by atoms with van der Waals surface area (Å²) in [6, 6.07) is 17.3. The average Bonchev–Trinajstić information content (AvgIpc) is 2.51. The fraction of sp³-hybridized carbons (Fsp3) is 0.278. The SMILES string of the molecule is Cc1ccc(C2(O)CN(C(=O)OCc3ccccc3)C2)cc1. The molecule has 1 aliphatic rings. The molecule has 2 aromatic rings. The van der Waals surface area contributed by atoms with E-state index in [1.54, 1.807) is 0 Å². The molecule has 0 radical (unpaired) electrons. The van der Waals surface area contributed by atoms with Gasteiger partial charge in [0.05, 0.1) is 13.1 Å². The fourth-order valence-corrected chi connectivity index (χ4v) is 2.57. The predicted octanol–water partition coefficient (Wildman–Crippen LogP) is 2.84. The molecule has 1 saturated heterocycles. The van der Waals surface area contributed by atoms with Crippen molar-refractivity contribution in [2.75, 3.05) is 13.1 Å². The van der Waals surface area contributed by atoms with Gasteiger partial charge in [-0.3, -0.25) is 0 Å². The second-order valence-corrected chi connectivity index (χ2v) is 5.79. The number of aliphatic hydroxyl groups is 1. The van der Waals surface area contributed by atoms with Gasteiger partial charge in [0, 0.05) is 0 Å². The lowest BCUT2D eigenvalue weighted by Crippen LogP contribution is -2.61. The average molecular weight is 297 g/mol. The van der Waals surface area contributed by atoms with Crippen molar-refractivity contribution < 1.29 is 14.6 Å². The van der Waals surface area contributed by atoms with Crippen molar-refractivity contribution in [3.8, 4) is 0 Å². The Balaban J connectivity index is 1.54. The number of aryl methyl sites for hydroxylation is 1. The summed E-state index contributed by atoms with van der Waals surface area (Å²) in [4.78, 5) is 13.5. The van der Waals surface area contributed by atoms with E-state index in [1.165, 1.54) is 4.90 Å². The standard InChI is InChI=1S/C18H19NO3/c1-14-7-9-16(10-8-14)18(21)12-19(13-18)17(20)22-11-15-5-3-2-4-6-15/h2-10,21H,11-13H2,1H3. The fourth-order valence-electron chi connectivity index (χ4n) is 2.57. The van der Waals surface area contributed by atoms with E-state index in [2.05, 4.69) is 0 Å². The van der Waals surface area contributed by atoms with Gasteiger partial charge >= 0.3 is 6.09 Å². The molecule has 0 atom stereocenters. The first-order valence-corrected chi connectivity index (χ1v) is 7.32. The van der Waals surface area contributed by atoms with Crippen LogP contribution in [0.3, 0.4) is 0 Å². The molecule has 1 N–H and O–H groups in total. The van der Waals surface area contributed by atoms with E-state index in [1.807, 2.05) is 61.5 Å². The van der Waals surface area contributed by atoms with Gasteiger partial charge in [-0.2, -0.15) is 0 Å². The third kappa shape index (κ3) is 2.97. The number of rotatable bonds is 3. The number of β-amino-alcohol motifs (C(OH)–C–C–N with tert-alkyl or cyclic N) is 1. The Morgan fingerprint density at radius 1 is 1.14 bits per heavy atom. The Morgan fingerprint density at radius 2 is 1.77 bits per heavy atom. The number of carbonyl (C=O) groups excluding carboxylic acids is 1. The van der Waals surface area contributed by atoms with Crippen LogP contribution in [0.15, 0.2) is 54.6 Å². The molecule has 114 valence electrons. The first-order chi connectivity index (χ1) is 10.6. The van der Waals surface area contributed by atoms with Gasteiger partial charge in [-0.25, -0.2) is 4.79 Å². The topological polar surface area (TPSA) is 49.8 Å². The van der Waals surface area contributed by atoms with Crippen LogP contribution in [-0.2, 0) is 16.9 Å². The molecule has 2 aromatic carbocycles. The molecule has 0 bridgehead atoms. The van der Waals surface area contributed by atoms with Crippen LogP contribution < -0.4 is 0 Å². The molecule has 22 heavy (non-hydrogen) atoms. The van der Waals surface area contributed by atoms with E-state index < -0.39 is 5.60 Å². The summed E-state index contributed by atoms with van der Waals surface area (Å²) in [6.07, 6.45) is -0.388. The van der Waals surface area contributed by atoms with Crippen LogP contribution in [0.5, 0.6) is 0 Å². The van der Waals surface area contributed by atoms with Gasteiger partial charge in [-0.1, -0.05) is 60.2 Å². The molecule has 0 saturated carbocycles. The lowest BCUT2D eigenvalue weighted by atomic mass is 9.86. The maximum absolute atomic E-state index is 12.0. The quantitative estimate of drug-likeness (QED) is 0.947. The van der Waals surface area contributed by atoms with Gasteiger partial charge in [0.1, 0.15) is 12.2 Å². The minimum atomic E-state index is -0.959. The van der Waals surface area contributed by atoms with Crippen LogP contribution in [-0.4, -0.2) is 29.2 Å². The van der Waals surface area contributed by atoms with Crippen LogP contribution in [0.25, 0.3) is 0 Å². The molecule has 0 unspecified atom stereocenters. The Labute approximate surface area is 130 Å². The first-order valence-electron chi connectivity index (χ1n) is 7.32. The summed E-state index contributed by atoms with van der Waals surface area (Å²) in [5.41, 5.74) is 1.97. The highest BCUT2D eigenvalue weighted by Crippen LogP contribution is 2.32. The van der Waals surface area contributed by atoms with Gasteiger partial charge in [-0.15, -0.1) is 0 Å². The molecule has 0 aliphatic carbocycles.